The lowest BCUT2D eigenvalue weighted by Gasteiger charge is -2.03. The van der Waals surface area contributed by atoms with Crippen molar-refractivity contribution in [2.24, 2.45) is 0 Å². The van der Waals surface area contributed by atoms with Gasteiger partial charge in [-0.15, -0.1) is 11.3 Å². The number of pyridine rings is 1. The normalized spacial score (nSPS) is 11.5. The van der Waals surface area contributed by atoms with Crippen molar-refractivity contribution in [2.45, 2.75) is 24.1 Å². The summed E-state index contributed by atoms with van der Waals surface area (Å²) in [6, 6.07) is 2.03. The molecule has 5 heteroatoms. The van der Waals surface area contributed by atoms with E-state index in [1.54, 1.807) is 23.1 Å². The van der Waals surface area contributed by atoms with Gasteiger partial charge in [0, 0.05) is 5.69 Å². The Balaban J connectivity index is 2.70. The zero-order chi connectivity index (χ0) is 11.0. The molecule has 0 aromatic carbocycles. The van der Waals surface area contributed by atoms with Crippen molar-refractivity contribution >= 4 is 33.3 Å². The van der Waals surface area contributed by atoms with Crippen LogP contribution in [0, 0.1) is 0 Å². The van der Waals surface area contributed by atoms with E-state index in [1.165, 1.54) is 0 Å². The number of fused-ring (bicyclic) bond motifs is 1. The minimum absolute atomic E-state index is 0.0762. The number of thioether (sulfide) groups is 1. The van der Waals surface area contributed by atoms with Gasteiger partial charge in [0.15, 0.2) is 4.34 Å². The number of nitrogens with one attached hydrogen (secondary N) is 1. The van der Waals surface area contributed by atoms with Crippen molar-refractivity contribution < 1.29 is 0 Å². The van der Waals surface area contributed by atoms with Crippen LogP contribution in [0.5, 0.6) is 0 Å². The van der Waals surface area contributed by atoms with Crippen LogP contribution in [0.1, 0.15) is 25.5 Å². The molecule has 0 fully saturated rings. The summed E-state index contributed by atoms with van der Waals surface area (Å²) in [6.45, 7) is 4.13. The lowest BCUT2D eigenvalue weighted by molar-refractivity contribution is 0.820. The number of aromatic nitrogens is 2. The number of thiazole rings is 1. The van der Waals surface area contributed by atoms with Crippen LogP contribution >= 0.6 is 23.1 Å². The Labute approximate surface area is 95.9 Å². The number of hydrogen-bond donors (Lipinski definition) is 1. The zero-order valence-corrected chi connectivity index (χ0v) is 10.5. The van der Waals surface area contributed by atoms with Crippen LogP contribution in [0.4, 0.5) is 0 Å². The number of rotatable bonds is 2. The fourth-order valence-electron chi connectivity index (χ4n) is 1.34. The van der Waals surface area contributed by atoms with Crippen molar-refractivity contribution in [2.75, 3.05) is 6.26 Å². The number of aromatic amines is 1. The molecule has 0 saturated heterocycles. The van der Waals surface area contributed by atoms with E-state index >= 15 is 0 Å². The molecule has 3 nitrogen and oxygen atoms in total. The molecule has 0 saturated carbocycles. The highest BCUT2D eigenvalue weighted by Crippen LogP contribution is 2.27. The predicted octanol–water partition coefficient (Wildman–Crippen LogP) is 2.83. The van der Waals surface area contributed by atoms with Gasteiger partial charge < -0.3 is 4.98 Å². The molecule has 0 amide bonds. The van der Waals surface area contributed by atoms with E-state index in [0.717, 1.165) is 14.7 Å². The molecule has 2 aromatic heterocycles. The third-order valence-corrected chi connectivity index (χ3v) is 4.18. The highest BCUT2D eigenvalue weighted by molar-refractivity contribution is 8.00. The minimum atomic E-state index is -0.0762. The molecule has 0 aliphatic rings. The molecule has 0 aliphatic heterocycles. The van der Waals surface area contributed by atoms with Gasteiger partial charge in [-0.05, 0) is 18.2 Å². The number of hydrogen-bond acceptors (Lipinski definition) is 4. The highest BCUT2D eigenvalue weighted by Gasteiger charge is 2.09. The number of H-pyrrole nitrogens is 1. The highest BCUT2D eigenvalue weighted by atomic mass is 32.2. The topological polar surface area (TPSA) is 45.8 Å². The van der Waals surface area contributed by atoms with Gasteiger partial charge in [0.25, 0.3) is 5.56 Å². The second kappa shape index (κ2) is 3.98. The first-order valence-electron chi connectivity index (χ1n) is 4.69. The molecule has 80 valence electrons. The van der Waals surface area contributed by atoms with E-state index in [-0.39, 0.29) is 5.56 Å². The molecule has 0 unspecified atom stereocenters. The van der Waals surface area contributed by atoms with Crippen LogP contribution in [0.2, 0.25) is 0 Å². The average Bonchev–Trinajstić information content (AvgIpc) is 2.61. The van der Waals surface area contributed by atoms with Gasteiger partial charge in [-0.2, -0.15) is 0 Å². The van der Waals surface area contributed by atoms with Crippen LogP contribution in [0.25, 0.3) is 10.2 Å². The summed E-state index contributed by atoms with van der Waals surface area (Å²) in [7, 11) is 0. The summed E-state index contributed by atoms with van der Waals surface area (Å²) in [4.78, 5) is 18.8. The fourth-order valence-corrected chi connectivity index (χ4v) is 2.87. The minimum Gasteiger partial charge on any atom is -0.324 e. The second-order valence-corrected chi connectivity index (χ2v) is 5.69. The molecular weight excluding hydrogens is 228 g/mol. The molecule has 0 aliphatic carbocycles. The summed E-state index contributed by atoms with van der Waals surface area (Å²) in [5.41, 5.74) is 1.46. The van der Waals surface area contributed by atoms with Crippen LogP contribution in [0.15, 0.2) is 15.2 Å². The third kappa shape index (κ3) is 1.94. The molecule has 1 N–H and O–H groups in total. The predicted molar refractivity (Wildman–Crippen MR) is 66.1 cm³/mol. The first-order chi connectivity index (χ1) is 7.11. The van der Waals surface area contributed by atoms with E-state index in [9.17, 15) is 4.79 Å². The fraction of sp³-hybridized carbons (Fsp3) is 0.400. The Hall–Kier alpha value is -0.810. The second-order valence-electron chi connectivity index (χ2n) is 3.61. The molecule has 2 aromatic rings. The smallest absolute Gasteiger partial charge is 0.275 e. The van der Waals surface area contributed by atoms with Gasteiger partial charge in [-0.3, -0.25) is 4.79 Å². The molecule has 0 spiro atoms. The Morgan fingerprint density at radius 2 is 2.27 bits per heavy atom. The maximum Gasteiger partial charge on any atom is 0.275 e. The molecule has 0 radical (unpaired) electrons. The van der Waals surface area contributed by atoms with Crippen LogP contribution < -0.4 is 5.56 Å². The largest absolute Gasteiger partial charge is 0.324 e. The lowest BCUT2D eigenvalue weighted by atomic mass is 10.1. The Kier molecular flexibility index (Phi) is 2.84. The Bertz CT molecular complexity index is 542. The quantitative estimate of drug-likeness (QED) is 0.821. The van der Waals surface area contributed by atoms with Crippen molar-refractivity contribution in [3.8, 4) is 0 Å². The lowest BCUT2D eigenvalue weighted by Crippen LogP contribution is -2.09. The van der Waals surface area contributed by atoms with E-state index < -0.39 is 0 Å². The van der Waals surface area contributed by atoms with Crippen LogP contribution in [0.3, 0.4) is 0 Å². The summed E-state index contributed by atoms with van der Waals surface area (Å²) in [5.74, 6) is 0.335. The maximum absolute atomic E-state index is 11.7. The summed E-state index contributed by atoms with van der Waals surface area (Å²) >= 11 is 3.15. The first kappa shape index (κ1) is 10.7. The number of nitrogens with zero attached hydrogens (tertiary/aromatic N) is 1. The van der Waals surface area contributed by atoms with Gasteiger partial charge in [-0.25, -0.2) is 4.98 Å². The van der Waals surface area contributed by atoms with Crippen LogP contribution in [-0.2, 0) is 0 Å². The Morgan fingerprint density at radius 3 is 2.87 bits per heavy atom. The Morgan fingerprint density at radius 1 is 1.53 bits per heavy atom. The third-order valence-electron chi connectivity index (χ3n) is 2.19. The van der Waals surface area contributed by atoms with Gasteiger partial charge in [0.05, 0.1) is 4.70 Å². The van der Waals surface area contributed by atoms with Crippen molar-refractivity contribution in [1.82, 2.24) is 9.97 Å². The van der Waals surface area contributed by atoms with Crippen LogP contribution in [-0.4, -0.2) is 16.2 Å². The van der Waals surface area contributed by atoms with Gasteiger partial charge >= 0.3 is 0 Å². The van der Waals surface area contributed by atoms with Crippen molar-refractivity contribution in [3.05, 3.63) is 22.1 Å². The molecule has 0 atom stereocenters. The standard InChI is InChI=1S/C10H12N2OS2/c1-5(2)6-4-7-8(9(13)11-6)12-10(14-3)15-7/h4-5H,1-3H3,(H,11,13). The van der Waals surface area contributed by atoms with Gasteiger partial charge in [0.1, 0.15) is 5.52 Å². The molecule has 2 rings (SSSR count). The van der Waals surface area contributed by atoms with Gasteiger partial charge in [-0.1, -0.05) is 25.6 Å². The average molecular weight is 240 g/mol. The van der Waals surface area contributed by atoms with Crippen molar-refractivity contribution in [3.63, 3.8) is 0 Å². The van der Waals surface area contributed by atoms with Crippen molar-refractivity contribution in [1.29, 1.82) is 0 Å². The summed E-state index contributed by atoms with van der Waals surface area (Å²) < 4.78 is 1.92. The van der Waals surface area contributed by atoms with Gasteiger partial charge in [0.2, 0.25) is 0 Å². The molecule has 0 bridgehead atoms. The zero-order valence-electron chi connectivity index (χ0n) is 8.83. The van der Waals surface area contributed by atoms with E-state index in [4.69, 9.17) is 0 Å². The molecule has 2 heterocycles. The van der Waals surface area contributed by atoms with E-state index in [0.29, 0.717) is 11.4 Å². The SMILES string of the molecule is CSc1nc2c(=O)[nH]c(C(C)C)cc2s1. The maximum atomic E-state index is 11.7. The monoisotopic (exact) mass is 240 g/mol. The summed E-state index contributed by atoms with van der Waals surface area (Å²) in [5, 5.41) is 0. The summed E-state index contributed by atoms with van der Waals surface area (Å²) in [6.07, 6.45) is 1.97. The first-order valence-corrected chi connectivity index (χ1v) is 6.73. The molecular formula is C10H12N2OS2. The molecule has 15 heavy (non-hydrogen) atoms. The van der Waals surface area contributed by atoms with E-state index in [1.807, 2.05) is 12.3 Å². The van der Waals surface area contributed by atoms with E-state index in [2.05, 4.69) is 23.8 Å².